The summed E-state index contributed by atoms with van der Waals surface area (Å²) >= 11 is 0. The van der Waals surface area contributed by atoms with E-state index in [0.717, 1.165) is 5.56 Å². The maximum Gasteiger partial charge on any atom is 0.286 e. The molecule has 0 spiro atoms. The van der Waals surface area contributed by atoms with Crippen molar-refractivity contribution in [1.82, 2.24) is 0 Å². The number of benzene rings is 2. The predicted molar refractivity (Wildman–Crippen MR) is 76.4 cm³/mol. The van der Waals surface area contributed by atoms with Gasteiger partial charge in [0.05, 0.1) is 5.56 Å². The number of nitrogens with two attached hydrogens (primary N) is 1. The van der Waals surface area contributed by atoms with E-state index in [1.807, 2.05) is 6.92 Å². The van der Waals surface area contributed by atoms with Crippen molar-refractivity contribution in [2.24, 2.45) is 4.40 Å². The molecule has 2 aromatic carbocycles. The van der Waals surface area contributed by atoms with Gasteiger partial charge in [-0.1, -0.05) is 12.1 Å². The molecule has 2 aromatic rings. The summed E-state index contributed by atoms with van der Waals surface area (Å²) in [6, 6.07) is 11.7. The number of fused-ring (bicyclic) bond motifs is 1. The molecule has 3 rings (SSSR count). The molecule has 0 fully saturated rings. The lowest BCUT2D eigenvalue weighted by atomic mass is 10.2. The van der Waals surface area contributed by atoms with Crippen LogP contribution in [0.3, 0.4) is 0 Å². The molecule has 0 saturated heterocycles. The first-order valence-corrected chi connectivity index (χ1v) is 7.40. The minimum atomic E-state index is -3.65. The minimum Gasteiger partial charge on any atom is -0.438 e. The number of hydrogen-bond donors (Lipinski definition) is 1. The van der Waals surface area contributed by atoms with Gasteiger partial charge in [0.15, 0.2) is 0 Å². The number of hydrogen-bond acceptors (Lipinski definition) is 4. The summed E-state index contributed by atoms with van der Waals surface area (Å²) in [4.78, 5) is 0.169. The normalized spacial score (nSPS) is 15.6. The summed E-state index contributed by atoms with van der Waals surface area (Å²) in [5.41, 5.74) is 7.72. The fourth-order valence-electron chi connectivity index (χ4n) is 1.97. The second-order valence-corrected chi connectivity index (χ2v) is 6.06. The van der Waals surface area contributed by atoms with Crippen molar-refractivity contribution in [3.05, 3.63) is 53.6 Å². The molecule has 0 atom stereocenters. The molecule has 0 aromatic heterocycles. The van der Waals surface area contributed by atoms with E-state index >= 15 is 0 Å². The number of anilines is 1. The van der Waals surface area contributed by atoms with Gasteiger partial charge in [0.2, 0.25) is 5.90 Å². The molecule has 0 radical (unpaired) electrons. The summed E-state index contributed by atoms with van der Waals surface area (Å²) in [5.74, 6) is 0.590. The largest absolute Gasteiger partial charge is 0.438 e. The summed E-state index contributed by atoms with van der Waals surface area (Å²) in [6.07, 6.45) is 0. The second-order valence-electron chi connectivity index (χ2n) is 4.49. The van der Waals surface area contributed by atoms with E-state index < -0.39 is 10.0 Å². The Morgan fingerprint density at radius 1 is 1.15 bits per heavy atom. The number of sulfonamides is 1. The van der Waals surface area contributed by atoms with E-state index in [0.29, 0.717) is 17.0 Å². The SMILES string of the molecule is Cc1cc(OC2=NS(=O)(=O)c3ccccc32)ccc1N. The van der Waals surface area contributed by atoms with Crippen molar-refractivity contribution in [1.29, 1.82) is 0 Å². The van der Waals surface area contributed by atoms with Crippen LogP contribution in [0.1, 0.15) is 11.1 Å². The predicted octanol–water partition coefficient (Wildman–Crippen LogP) is 2.11. The van der Waals surface area contributed by atoms with Crippen LogP contribution in [0.5, 0.6) is 5.75 Å². The van der Waals surface area contributed by atoms with Crippen LogP contribution in [-0.4, -0.2) is 14.3 Å². The third-order valence-corrected chi connectivity index (χ3v) is 4.37. The highest BCUT2D eigenvalue weighted by atomic mass is 32.2. The standard InChI is InChI=1S/C14H12N2O3S/c1-9-8-10(6-7-12(9)15)19-14-11-4-2-3-5-13(11)20(17,18)16-14/h2-8H,15H2,1H3. The van der Waals surface area contributed by atoms with E-state index in [1.54, 1.807) is 36.4 Å². The summed E-state index contributed by atoms with van der Waals surface area (Å²) < 4.78 is 33.0. The lowest BCUT2D eigenvalue weighted by Crippen LogP contribution is -2.08. The zero-order chi connectivity index (χ0) is 14.3. The summed E-state index contributed by atoms with van der Waals surface area (Å²) in [6.45, 7) is 1.85. The highest BCUT2D eigenvalue weighted by Gasteiger charge is 2.29. The van der Waals surface area contributed by atoms with E-state index in [9.17, 15) is 8.42 Å². The summed E-state index contributed by atoms with van der Waals surface area (Å²) in [7, 11) is -3.65. The Balaban J connectivity index is 2.02. The zero-order valence-electron chi connectivity index (χ0n) is 10.7. The van der Waals surface area contributed by atoms with Gasteiger partial charge >= 0.3 is 0 Å². The fraction of sp³-hybridized carbons (Fsp3) is 0.0714. The van der Waals surface area contributed by atoms with Gasteiger partial charge < -0.3 is 10.5 Å². The molecule has 0 aliphatic carbocycles. The molecule has 20 heavy (non-hydrogen) atoms. The quantitative estimate of drug-likeness (QED) is 0.815. The lowest BCUT2D eigenvalue weighted by Gasteiger charge is -2.07. The van der Waals surface area contributed by atoms with Gasteiger partial charge in [-0.15, -0.1) is 4.40 Å². The highest BCUT2D eigenvalue weighted by Crippen LogP contribution is 2.28. The monoisotopic (exact) mass is 288 g/mol. The number of ether oxygens (including phenoxy) is 1. The average Bonchev–Trinajstić information content (AvgIpc) is 2.66. The first-order valence-electron chi connectivity index (χ1n) is 5.96. The van der Waals surface area contributed by atoms with Crippen LogP contribution in [0.4, 0.5) is 5.69 Å². The zero-order valence-corrected chi connectivity index (χ0v) is 11.5. The second kappa shape index (κ2) is 4.35. The van der Waals surface area contributed by atoms with E-state index in [-0.39, 0.29) is 10.8 Å². The van der Waals surface area contributed by atoms with E-state index in [4.69, 9.17) is 10.5 Å². The number of nitrogen functional groups attached to an aromatic ring is 1. The van der Waals surface area contributed by atoms with Gasteiger partial charge in [-0.2, -0.15) is 8.42 Å². The van der Waals surface area contributed by atoms with Crippen LogP contribution in [0, 0.1) is 6.92 Å². The third kappa shape index (κ3) is 2.04. The van der Waals surface area contributed by atoms with Gasteiger partial charge in [-0.25, -0.2) is 0 Å². The Morgan fingerprint density at radius 3 is 2.65 bits per heavy atom. The smallest absolute Gasteiger partial charge is 0.286 e. The molecular formula is C14H12N2O3S. The number of rotatable bonds is 1. The number of nitrogens with zero attached hydrogens (tertiary/aromatic N) is 1. The van der Waals surface area contributed by atoms with Gasteiger partial charge in [-0.3, -0.25) is 0 Å². The van der Waals surface area contributed by atoms with Crippen LogP contribution >= 0.6 is 0 Å². The molecule has 2 N–H and O–H groups in total. The van der Waals surface area contributed by atoms with Crippen LogP contribution in [0.25, 0.3) is 0 Å². The first kappa shape index (κ1) is 12.7. The van der Waals surface area contributed by atoms with Gasteiger partial charge in [-0.05, 0) is 42.8 Å². The molecule has 0 bridgehead atoms. The van der Waals surface area contributed by atoms with E-state index in [1.165, 1.54) is 6.07 Å². The Bertz CT molecular complexity index is 826. The topological polar surface area (TPSA) is 81.8 Å². The third-order valence-electron chi connectivity index (χ3n) is 3.05. The average molecular weight is 288 g/mol. The molecule has 102 valence electrons. The maximum atomic E-state index is 11.9. The van der Waals surface area contributed by atoms with Gasteiger partial charge in [0, 0.05) is 5.69 Å². The van der Waals surface area contributed by atoms with Crippen molar-refractivity contribution in [2.75, 3.05) is 5.73 Å². The molecule has 0 amide bonds. The van der Waals surface area contributed by atoms with Crippen molar-refractivity contribution in [3.8, 4) is 5.75 Å². The van der Waals surface area contributed by atoms with E-state index in [2.05, 4.69) is 4.40 Å². The lowest BCUT2D eigenvalue weighted by molar-refractivity contribution is 0.553. The molecule has 1 aliphatic rings. The van der Waals surface area contributed by atoms with Crippen molar-refractivity contribution in [2.45, 2.75) is 11.8 Å². The van der Waals surface area contributed by atoms with Crippen molar-refractivity contribution < 1.29 is 13.2 Å². The molecule has 1 heterocycles. The maximum absolute atomic E-state index is 11.9. The Labute approximate surface area is 116 Å². The van der Waals surface area contributed by atoms with Gasteiger partial charge in [0.25, 0.3) is 10.0 Å². The molecule has 0 unspecified atom stereocenters. The van der Waals surface area contributed by atoms with Gasteiger partial charge in [0.1, 0.15) is 10.6 Å². The molecule has 0 saturated carbocycles. The van der Waals surface area contributed by atoms with Crippen LogP contribution in [0.15, 0.2) is 51.8 Å². The van der Waals surface area contributed by atoms with Crippen LogP contribution in [-0.2, 0) is 10.0 Å². The molecule has 1 aliphatic heterocycles. The molecular weight excluding hydrogens is 276 g/mol. The highest BCUT2D eigenvalue weighted by molar-refractivity contribution is 7.90. The molecule has 6 heteroatoms. The number of aryl methyl sites for hydroxylation is 1. The first-order chi connectivity index (χ1) is 9.47. The Morgan fingerprint density at radius 2 is 1.90 bits per heavy atom. The Hall–Kier alpha value is -2.34. The fourth-order valence-corrected chi connectivity index (χ4v) is 3.11. The Kier molecular flexibility index (Phi) is 2.76. The van der Waals surface area contributed by atoms with Crippen LogP contribution < -0.4 is 10.5 Å². The van der Waals surface area contributed by atoms with Crippen LogP contribution in [0.2, 0.25) is 0 Å². The molecule has 5 nitrogen and oxygen atoms in total. The minimum absolute atomic E-state index is 0.0878. The van der Waals surface area contributed by atoms with Crippen molar-refractivity contribution in [3.63, 3.8) is 0 Å². The van der Waals surface area contributed by atoms with Crippen molar-refractivity contribution >= 4 is 21.6 Å². The summed E-state index contributed by atoms with van der Waals surface area (Å²) in [5, 5.41) is 0.